The zero-order valence-electron chi connectivity index (χ0n) is 13.5. The van der Waals surface area contributed by atoms with Gasteiger partial charge in [-0.25, -0.2) is 4.39 Å². The number of piperidine rings is 1. The summed E-state index contributed by atoms with van der Waals surface area (Å²) in [5, 5.41) is 0. The number of halogens is 1. The lowest BCUT2D eigenvalue weighted by Crippen LogP contribution is -2.44. The highest BCUT2D eigenvalue weighted by molar-refractivity contribution is 5.91. The van der Waals surface area contributed by atoms with Crippen LogP contribution in [0.5, 0.6) is 0 Å². The lowest BCUT2D eigenvalue weighted by molar-refractivity contribution is -0.135. The average molecular weight is 325 g/mol. The van der Waals surface area contributed by atoms with Gasteiger partial charge in [0.15, 0.2) is 0 Å². The smallest absolute Gasteiger partial charge is 0.233 e. The Kier molecular flexibility index (Phi) is 3.79. The minimum Gasteiger partial charge on any atom is -0.341 e. The molecular weight excluding hydrogens is 305 g/mol. The number of hydrogen-bond acceptors (Lipinski definition) is 3. The molecule has 1 aliphatic heterocycles. The third kappa shape index (κ3) is 2.58. The molecule has 1 saturated carbocycles. The van der Waals surface area contributed by atoms with Gasteiger partial charge in [-0.1, -0.05) is 18.2 Å². The maximum Gasteiger partial charge on any atom is 0.233 e. The van der Waals surface area contributed by atoms with Crippen molar-refractivity contribution in [2.45, 2.75) is 37.0 Å². The second kappa shape index (κ2) is 5.96. The van der Waals surface area contributed by atoms with E-state index >= 15 is 0 Å². The summed E-state index contributed by atoms with van der Waals surface area (Å²) in [5.41, 5.74) is 0.845. The molecule has 2 heterocycles. The number of nitrogens with zero attached hydrogens (tertiary/aromatic N) is 3. The van der Waals surface area contributed by atoms with Gasteiger partial charge >= 0.3 is 0 Å². The van der Waals surface area contributed by atoms with Crippen LogP contribution in [-0.2, 0) is 10.2 Å². The topological polar surface area (TPSA) is 46.1 Å². The van der Waals surface area contributed by atoms with Gasteiger partial charge < -0.3 is 4.90 Å². The summed E-state index contributed by atoms with van der Waals surface area (Å²) in [6.07, 6.45) is 8.56. The molecule has 4 rings (SSSR count). The molecule has 1 atom stereocenters. The van der Waals surface area contributed by atoms with Crippen LogP contribution in [0.4, 0.5) is 4.39 Å². The first kappa shape index (κ1) is 15.2. The first-order valence-corrected chi connectivity index (χ1v) is 8.51. The fourth-order valence-corrected chi connectivity index (χ4v) is 3.80. The summed E-state index contributed by atoms with van der Waals surface area (Å²) < 4.78 is 14.2. The summed E-state index contributed by atoms with van der Waals surface area (Å²) >= 11 is 0. The molecule has 0 bridgehead atoms. The normalized spacial score (nSPS) is 22.2. The summed E-state index contributed by atoms with van der Waals surface area (Å²) in [6.45, 7) is 1.39. The summed E-state index contributed by atoms with van der Waals surface area (Å²) in [7, 11) is 0. The lowest BCUT2D eigenvalue weighted by Gasteiger charge is -2.35. The molecule has 1 aromatic carbocycles. The Morgan fingerprint density at radius 1 is 1.25 bits per heavy atom. The van der Waals surface area contributed by atoms with Gasteiger partial charge in [-0.2, -0.15) is 0 Å². The molecular formula is C19H20FN3O. The number of carbonyl (C=O) groups excluding carboxylic acids is 1. The van der Waals surface area contributed by atoms with Crippen molar-refractivity contribution in [1.82, 2.24) is 14.9 Å². The minimum absolute atomic E-state index is 0.0705. The minimum atomic E-state index is -0.643. The maximum atomic E-state index is 14.2. The number of carbonyl (C=O) groups is 1. The largest absolute Gasteiger partial charge is 0.341 e. The van der Waals surface area contributed by atoms with E-state index in [-0.39, 0.29) is 17.6 Å². The van der Waals surface area contributed by atoms with Gasteiger partial charge in [0.1, 0.15) is 5.82 Å². The molecule has 5 heteroatoms. The third-order valence-corrected chi connectivity index (χ3v) is 5.26. The van der Waals surface area contributed by atoms with E-state index in [4.69, 9.17) is 0 Å². The monoisotopic (exact) mass is 325 g/mol. The van der Waals surface area contributed by atoms with Crippen molar-refractivity contribution in [3.8, 4) is 0 Å². The first-order chi connectivity index (χ1) is 11.7. The van der Waals surface area contributed by atoms with Crippen molar-refractivity contribution < 1.29 is 9.18 Å². The van der Waals surface area contributed by atoms with Crippen molar-refractivity contribution in [3.05, 3.63) is 59.9 Å². The SMILES string of the molecule is O=C(N1CCC[C@@H](c2cnccn2)C1)C1(c2ccccc2F)CC1. The molecule has 24 heavy (non-hydrogen) atoms. The van der Waals surface area contributed by atoms with E-state index < -0.39 is 5.41 Å². The van der Waals surface area contributed by atoms with E-state index in [0.717, 1.165) is 37.9 Å². The third-order valence-electron chi connectivity index (χ3n) is 5.26. The van der Waals surface area contributed by atoms with Gasteiger partial charge in [0.2, 0.25) is 5.91 Å². The molecule has 0 N–H and O–H groups in total. The van der Waals surface area contributed by atoms with E-state index in [1.54, 1.807) is 30.7 Å². The van der Waals surface area contributed by atoms with Gasteiger partial charge in [-0.05, 0) is 31.7 Å². The predicted octanol–water partition coefficient (Wildman–Crippen LogP) is 3.05. The average Bonchev–Trinajstić information content (AvgIpc) is 3.44. The molecule has 1 aliphatic carbocycles. The molecule has 2 aliphatic rings. The van der Waals surface area contributed by atoms with Crippen molar-refractivity contribution in [2.75, 3.05) is 13.1 Å². The van der Waals surface area contributed by atoms with Gasteiger partial charge in [0, 0.05) is 43.2 Å². The van der Waals surface area contributed by atoms with Crippen molar-refractivity contribution >= 4 is 5.91 Å². The van der Waals surface area contributed by atoms with Crippen LogP contribution in [-0.4, -0.2) is 33.9 Å². The van der Waals surface area contributed by atoms with Gasteiger partial charge in [0.05, 0.1) is 11.1 Å². The van der Waals surface area contributed by atoms with Crippen molar-refractivity contribution in [3.63, 3.8) is 0 Å². The van der Waals surface area contributed by atoms with Crippen LogP contribution >= 0.6 is 0 Å². The number of likely N-dealkylation sites (tertiary alicyclic amines) is 1. The first-order valence-electron chi connectivity index (χ1n) is 8.51. The van der Waals surface area contributed by atoms with E-state index in [1.165, 1.54) is 6.07 Å². The number of aromatic nitrogens is 2. The highest BCUT2D eigenvalue weighted by Gasteiger charge is 2.54. The Morgan fingerprint density at radius 3 is 2.79 bits per heavy atom. The second-order valence-electron chi connectivity index (χ2n) is 6.78. The summed E-state index contributed by atoms with van der Waals surface area (Å²) in [6, 6.07) is 6.68. The predicted molar refractivity (Wildman–Crippen MR) is 87.9 cm³/mol. The van der Waals surface area contributed by atoms with E-state index in [9.17, 15) is 9.18 Å². The van der Waals surface area contributed by atoms with Crippen LogP contribution in [0.2, 0.25) is 0 Å². The van der Waals surface area contributed by atoms with E-state index in [2.05, 4.69) is 9.97 Å². The van der Waals surface area contributed by atoms with Crippen LogP contribution in [0.25, 0.3) is 0 Å². The number of benzene rings is 1. The Labute approximate surface area is 140 Å². The highest BCUT2D eigenvalue weighted by Crippen LogP contribution is 2.51. The molecule has 1 saturated heterocycles. The fraction of sp³-hybridized carbons (Fsp3) is 0.421. The standard InChI is InChI=1S/C19H20FN3O/c20-16-6-2-1-5-15(16)19(7-8-19)18(24)23-11-3-4-14(13-23)17-12-21-9-10-22-17/h1-2,5-6,9-10,12,14H,3-4,7-8,11,13H2/t14-/m1/s1. The van der Waals surface area contributed by atoms with Crippen LogP contribution in [0.3, 0.4) is 0 Å². The number of amides is 1. The number of rotatable bonds is 3. The Balaban J connectivity index is 1.55. The highest BCUT2D eigenvalue weighted by atomic mass is 19.1. The van der Waals surface area contributed by atoms with Gasteiger partial charge in [-0.3, -0.25) is 14.8 Å². The van der Waals surface area contributed by atoms with Crippen LogP contribution < -0.4 is 0 Å². The van der Waals surface area contributed by atoms with Gasteiger partial charge in [-0.15, -0.1) is 0 Å². The summed E-state index contributed by atoms with van der Waals surface area (Å²) in [4.78, 5) is 23.6. The molecule has 0 radical (unpaired) electrons. The van der Waals surface area contributed by atoms with Gasteiger partial charge in [0.25, 0.3) is 0 Å². The molecule has 0 unspecified atom stereocenters. The molecule has 2 fully saturated rings. The number of hydrogen-bond donors (Lipinski definition) is 0. The lowest BCUT2D eigenvalue weighted by atomic mass is 9.90. The van der Waals surface area contributed by atoms with E-state index in [1.807, 2.05) is 11.0 Å². The fourth-order valence-electron chi connectivity index (χ4n) is 3.80. The molecule has 1 amide bonds. The van der Waals surface area contributed by atoms with Crippen molar-refractivity contribution in [2.24, 2.45) is 0 Å². The second-order valence-corrected chi connectivity index (χ2v) is 6.78. The van der Waals surface area contributed by atoms with Crippen molar-refractivity contribution in [1.29, 1.82) is 0 Å². The molecule has 124 valence electrons. The zero-order chi connectivity index (χ0) is 16.6. The Bertz CT molecular complexity index is 745. The van der Waals surface area contributed by atoms with Crippen LogP contribution in [0.15, 0.2) is 42.9 Å². The quantitative estimate of drug-likeness (QED) is 0.871. The Morgan fingerprint density at radius 2 is 2.08 bits per heavy atom. The molecule has 1 aromatic heterocycles. The molecule has 4 nitrogen and oxygen atoms in total. The van der Waals surface area contributed by atoms with Crippen LogP contribution in [0, 0.1) is 5.82 Å². The summed E-state index contributed by atoms with van der Waals surface area (Å²) in [5.74, 6) is 0.0137. The zero-order valence-corrected chi connectivity index (χ0v) is 13.5. The van der Waals surface area contributed by atoms with E-state index in [0.29, 0.717) is 12.1 Å². The van der Waals surface area contributed by atoms with Crippen LogP contribution in [0.1, 0.15) is 42.9 Å². The molecule has 0 spiro atoms. The maximum absolute atomic E-state index is 14.2. The Hall–Kier alpha value is -2.30. The molecule has 2 aromatic rings.